The van der Waals surface area contributed by atoms with Crippen molar-refractivity contribution in [2.45, 2.75) is 59.3 Å². The van der Waals surface area contributed by atoms with E-state index in [2.05, 4.69) is 56.6 Å². The quantitative estimate of drug-likeness (QED) is 0.324. The summed E-state index contributed by atoms with van der Waals surface area (Å²) < 4.78 is 7.59. The van der Waals surface area contributed by atoms with Crippen molar-refractivity contribution in [3.63, 3.8) is 0 Å². The van der Waals surface area contributed by atoms with Crippen LogP contribution in [0.5, 0.6) is 5.75 Å². The van der Waals surface area contributed by atoms with Crippen LogP contribution in [-0.2, 0) is 15.6 Å². The number of esters is 1. The zero-order chi connectivity index (χ0) is 24.8. The molecule has 0 saturated heterocycles. The second kappa shape index (κ2) is 8.43. The predicted molar refractivity (Wildman–Crippen MR) is 134 cm³/mol. The lowest BCUT2D eigenvalue weighted by Crippen LogP contribution is -2.24. The monoisotopic (exact) mass is 476 g/mol. The molecule has 0 aliphatic carbocycles. The van der Waals surface area contributed by atoms with E-state index in [1.54, 1.807) is 12.4 Å². The molecule has 8 heteroatoms. The van der Waals surface area contributed by atoms with E-state index >= 15 is 0 Å². The van der Waals surface area contributed by atoms with Crippen LogP contribution < -0.4 is 14.8 Å². The number of carbonyl (C=O) groups is 1. The summed E-state index contributed by atoms with van der Waals surface area (Å²) in [7, 11) is 0. The van der Waals surface area contributed by atoms with Crippen molar-refractivity contribution in [3.8, 4) is 17.1 Å². The standard InChI is InChI=1S/C26H28N4O3S/c1-15(31)33-21-18(25(2,3)4)12-16(13-19(21)26(5,6)7)14-20-23(32)30-24(34-20)28-22(29-30)17-8-10-27-11-9-17/h8-14H,1-7H3/b20-14-. The first-order valence-corrected chi connectivity index (χ1v) is 11.9. The van der Waals surface area contributed by atoms with E-state index in [0.29, 0.717) is 21.1 Å². The summed E-state index contributed by atoms with van der Waals surface area (Å²) in [4.78, 5) is 34.1. The number of nitrogens with zero attached hydrogens (tertiary/aromatic N) is 4. The zero-order valence-corrected chi connectivity index (χ0v) is 21.3. The Morgan fingerprint density at radius 3 is 2.12 bits per heavy atom. The maximum absolute atomic E-state index is 13.1. The Morgan fingerprint density at radius 2 is 1.62 bits per heavy atom. The number of rotatable bonds is 3. The third-order valence-corrected chi connectivity index (χ3v) is 6.35. The normalized spacial score (nSPS) is 13.0. The third-order valence-electron chi connectivity index (χ3n) is 5.39. The van der Waals surface area contributed by atoms with E-state index in [-0.39, 0.29) is 22.4 Å². The lowest BCUT2D eigenvalue weighted by atomic mass is 9.78. The molecule has 0 saturated carbocycles. The molecule has 7 nitrogen and oxygen atoms in total. The first kappa shape index (κ1) is 23.8. The van der Waals surface area contributed by atoms with E-state index in [1.807, 2.05) is 30.3 Å². The van der Waals surface area contributed by atoms with Gasteiger partial charge in [-0.05, 0) is 46.7 Å². The first-order chi connectivity index (χ1) is 15.8. The lowest BCUT2D eigenvalue weighted by Gasteiger charge is -2.29. The van der Waals surface area contributed by atoms with Gasteiger partial charge in [0.1, 0.15) is 5.75 Å². The van der Waals surface area contributed by atoms with Gasteiger partial charge in [0.05, 0.1) is 4.53 Å². The average Bonchev–Trinajstić information content (AvgIpc) is 3.27. The number of hydrogen-bond donors (Lipinski definition) is 0. The minimum Gasteiger partial charge on any atom is -0.426 e. The van der Waals surface area contributed by atoms with Gasteiger partial charge in [0.25, 0.3) is 5.56 Å². The maximum Gasteiger partial charge on any atom is 0.308 e. The first-order valence-electron chi connectivity index (χ1n) is 11.0. The summed E-state index contributed by atoms with van der Waals surface area (Å²) >= 11 is 1.30. The zero-order valence-electron chi connectivity index (χ0n) is 20.5. The second-order valence-corrected chi connectivity index (χ2v) is 11.3. The maximum atomic E-state index is 13.1. The molecule has 176 valence electrons. The molecule has 0 bridgehead atoms. The van der Waals surface area contributed by atoms with Crippen molar-refractivity contribution in [3.05, 3.63) is 68.2 Å². The Morgan fingerprint density at radius 1 is 1.03 bits per heavy atom. The Kier molecular flexibility index (Phi) is 5.89. The van der Waals surface area contributed by atoms with E-state index < -0.39 is 0 Å². The molecule has 0 aliphatic rings. The van der Waals surface area contributed by atoms with Crippen LogP contribution in [0.2, 0.25) is 0 Å². The molecule has 0 radical (unpaired) electrons. The molecular formula is C26H28N4O3S. The average molecular weight is 477 g/mol. The summed E-state index contributed by atoms with van der Waals surface area (Å²) in [5.41, 5.74) is 2.72. The Labute approximate surface area is 202 Å². The fraction of sp³-hybridized carbons (Fsp3) is 0.346. The topological polar surface area (TPSA) is 86.4 Å². The smallest absolute Gasteiger partial charge is 0.308 e. The van der Waals surface area contributed by atoms with Gasteiger partial charge >= 0.3 is 5.97 Å². The van der Waals surface area contributed by atoms with Gasteiger partial charge in [-0.1, -0.05) is 52.9 Å². The number of thiazole rings is 1. The molecule has 4 rings (SSSR count). The molecule has 0 aliphatic heterocycles. The summed E-state index contributed by atoms with van der Waals surface area (Å²) in [5, 5.41) is 4.40. The van der Waals surface area contributed by atoms with E-state index in [9.17, 15) is 9.59 Å². The Bertz CT molecular complexity index is 1450. The molecule has 34 heavy (non-hydrogen) atoms. The van der Waals surface area contributed by atoms with Crippen molar-refractivity contribution >= 4 is 28.3 Å². The minimum atomic E-state index is -0.356. The van der Waals surface area contributed by atoms with Gasteiger partial charge in [-0.15, -0.1) is 5.10 Å². The number of benzene rings is 1. The highest BCUT2D eigenvalue weighted by atomic mass is 32.1. The van der Waals surface area contributed by atoms with Crippen LogP contribution in [0.1, 0.15) is 65.2 Å². The summed E-state index contributed by atoms with van der Waals surface area (Å²) in [6, 6.07) is 7.60. The minimum absolute atomic E-state index is 0.216. The van der Waals surface area contributed by atoms with Gasteiger partial charge in [-0.2, -0.15) is 9.50 Å². The number of hydrogen-bond acceptors (Lipinski definition) is 7. The van der Waals surface area contributed by atoms with Crippen molar-refractivity contribution in [1.82, 2.24) is 19.6 Å². The number of carbonyl (C=O) groups excluding carboxylic acids is 1. The second-order valence-electron chi connectivity index (χ2n) is 10.3. The van der Waals surface area contributed by atoms with E-state index in [0.717, 1.165) is 22.3 Å². The van der Waals surface area contributed by atoms with Gasteiger partial charge in [0, 0.05) is 36.0 Å². The van der Waals surface area contributed by atoms with Crippen LogP contribution in [0.4, 0.5) is 0 Å². The van der Waals surface area contributed by atoms with Crippen molar-refractivity contribution < 1.29 is 9.53 Å². The lowest BCUT2D eigenvalue weighted by molar-refractivity contribution is -0.132. The molecule has 0 atom stereocenters. The van der Waals surface area contributed by atoms with E-state index in [4.69, 9.17) is 4.74 Å². The van der Waals surface area contributed by atoms with Gasteiger partial charge in [0.15, 0.2) is 5.82 Å². The molecule has 0 amide bonds. The van der Waals surface area contributed by atoms with Gasteiger partial charge in [-0.3, -0.25) is 14.6 Å². The molecule has 0 fully saturated rings. The molecular weight excluding hydrogens is 448 g/mol. The van der Waals surface area contributed by atoms with Crippen LogP contribution in [0.25, 0.3) is 22.4 Å². The molecule has 0 N–H and O–H groups in total. The third kappa shape index (κ3) is 4.63. The summed E-state index contributed by atoms with van der Waals surface area (Å²) in [6.45, 7) is 13.9. The highest BCUT2D eigenvalue weighted by molar-refractivity contribution is 7.15. The van der Waals surface area contributed by atoms with Crippen LogP contribution >= 0.6 is 11.3 Å². The summed E-state index contributed by atoms with van der Waals surface area (Å²) in [5.74, 6) is 0.731. The molecule has 4 aromatic rings. The van der Waals surface area contributed by atoms with Crippen LogP contribution in [0, 0.1) is 0 Å². The van der Waals surface area contributed by atoms with Gasteiger partial charge < -0.3 is 4.74 Å². The number of aromatic nitrogens is 4. The molecule has 1 aromatic carbocycles. The highest BCUT2D eigenvalue weighted by Gasteiger charge is 2.28. The van der Waals surface area contributed by atoms with Gasteiger partial charge in [0.2, 0.25) is 4.96 Å². The molecule has 3 aromatic heterocycles. The Hall–Kier alpha value is -3.39. The molecule has 0 spiro atoms. The fourth-order valence-corrected chi connectivity index (χ4v) is 4.62. The number of fused-ring (bicyclic) bond motifs is 1. The summed E-state index contributed by atoms with van der Waals surface area (Å²) in [6.07, 6.45) is 5.19. The van der Waals surface area contributed by atoms with Crippen LogP contribution in [0.3, 0.4) is 0 Å². The Balaban J connectivity index is 1.90. The fourth-order valence-electron chi connectivity index (χ4n) is 3.71. The molecule has 3 heterocycles. The highest BCUT2D eigenvalue weighted by Crippen LogP contribution is 2.41. The largest absolute Gasteiger partial charge is 0.426 e. The van der Waals surface area contributed by atoms with Crippen LogP contribution in [0.15, 0.2) is 41.5 Å². The van der Waals surface area contributed by atoms with Gasteiger partial charge in [-0.25, -0.2) is 0 Å². The number of ether oxygens (including phenoxy) is 1. The predicted octanol–water partition coefficient (Wildman–Crippen LogP) is 4.28. The van der Waals surface area contributed by atoms with Crippen molar-refractivity contribution in [2.75, 3.05) is 0 Å². The van der Waals surface area contributed by atoms with E-state index in [1.165, 1.54) is 22.8 Å². The number of pyridine rings is 1. The van der Waals surface area contributed by atoms with Crippen molar-refractivity contribution in [2.24, 2.45) is 0 Å². The molecule has 0 unspecified atom stereocenters. The van der Waals surface area contributed by atoms with Crippen LogP contribution in [-0.4, -0.2) is 25.6 Å². The van der Waals surface area contributed by atoms with Crippen molar-refractivity contribution in [1.29, 1.82) is 0 Å². The SMILES string of the molecule is CC(=O)Oc1c(C(C)(C)C)cc(/C=c2\sc3nc(-c4ccncc4)nn3c2=O)cc1C(C)(C)C.